The molecule has 5 nitrogen and oxygen atoms in total. The number of rotatable bonds is 5. The highest BCUT2D eigenvalue weighted by Crippen LogP contribution is 2.26. The first-order valence-electron chi connectivity index (χ1n) is 9.13. The molecule has 0 N–H and O–H groups in total. The zero-order chi connectivity index (χ0) is 17.8. The minimum atomic E-state index is -0.104. The number of halogens is 1. The van der Waals surface area contributed by atoms with E-state index in [4.69, 9.17) is 0 Å². The number of piperidine rings is 1. The number of benzene rings is 2. The Balaban J connectivity index is 1.45. The Morgan fingerprint density at radius 3 is 2.69 bits per heavy atom. The Morgan fingerprint density at radius 1 is 1.04 bits per heavy atom. The highest BCUT2D eigenvalue weighted by Gasteiger charge is 2.24. The van der Waals surface area contributed by atoms with Crippen LogP contribution in [0.15, 0.2) is 54.6 Å². The summed E-state index contributed by atoms with van der Waals surface area (Å²) in [5, 5.41) is 12.3. The second-order valence-electron chi connectivity index (χ2n) is 6.81. The van der Waals surface area contributed by atoms with E-state index in [2.05, 4.69) is 20.4 Å². The van der Waals surface area contributed by atoms with Crippen molar-refractivity contribution in [3.63, 3.8) is 0 Å². The molecule has 26 heavy (non-hydrogen) atoms. The maximum atomic E-state index is 13.8. The zero-order valence-corrected chi connectivity index (χ0v) is 14.6. The molecule has 1 atom stereocenters. The Hall–Kier alpha value is -2.76. The Labute approximate surface area is 152 Å². The molecule has 3 aromatic rings. The Bertz CT molecular complexity index is 848. The van der Waals surface area contributed by atoms with E-state index in [0.29, 0.717) is 5.92 Å². The molecule has 4 rings (SSSR count). The quantitative estimate of drug-likeness (QED) is 0.704. The van der Waals surface area contributed by atoms with Gasteiger partial charge in [0.15, 0.2) is 0 Å². The number of hydrogen-bond donors (Lipinski definition) is 0. The van der Waals surface area contributed by atoms with Gasteiger partial charge in [0, 0.05) is 13.1 Å². The summed E-state index contributed by atoms with van der Waals surface area (Å²) in [6.45, 7) is 1.85. The van der Waals surface area contributed by atoms with Crippen LogP contribution in [0.3, 0.4) is 0 Å². The molecule has 0 amide bonds. The molecule has 1 fully saturated rings. The number of tetrazole rings is 1. The van der Waals surface area contributed by atoms with Gasteiger partial charge in [0.2, 0.25) is 5.95 Å². The molecule has 0 unspecified atom stereocenters. The second kappa shape index (κ2) is 7.64. The van der Waals surface area contributed by atoms with Crippen molar-refractivity contribution in [2.45, 2.75) is 25.7 Å². The average Bonchev–Trinajstić information content (AvgIpc) is 3.18. The standard InChI is InChI=1S/C20H22FN5/c21-19-11-5-4-8-17(19)13-12-16-7-6-14-25(15-16)20-22-23-24-26(20)18-9-2-1-3-10-18/h1-5,8-11,16H,6-7,12-15H2/t16-/m0/s1. The lowest BCUT2D eigenvalue weighted by Crippen LogP contribution is -2.37. The van der Waals surface area contributed by atoms with Crippen molar-refractivity contribution in [1.29, 1.82) is 0 Å². The fourth-order valence-electron chi connectivity index (χ4n) is 3.66. The highest BCUT2D eigenvalue weighted by atomic mass is 19.1. The lowest BCUT2D eigenvalue weighted by molar-refractivity contribution is 0.385. The van der Waals surface area contributed by atoms with Crippen molar-refractivity contribution in [2.75, 3.05) is 18.0 Å². The molecule has 134 valence electrons. The van der Waals surface area contributed by atoms with Gasteiger partial charge in [0.1, 0.15) is 5.82 Å². The largest absolute Gasteiger partial charge is 0.339 e. The molecule has 0 spiro atoms. The summed E-state index contributed by atoms with van der Waals surface area (Å²) >= 11 is 0. The second-order valence-corrected chi connectivity index (χ2v) is 6.81. The third-order valence-electron chi connectivity index (χ3n) is 5.04. The number of nitrogens with zero attached hydrogens (tertiary/aromatic N) is 5. The van der Waals surface area contributed by atoms with E-state index in [1.807, 2.05) is 42.5 Å². The number of anilines is 1. The molecule has 0 radical (unpaired) electrons. The summed E-state index contributed by atoms with van der Waals surface area (Å²) < 4.78 is 15.6. The van der Waals surface area contributed by atoms with Crippen molar-refractivity contribution < 1.29 is 4.39 Å². The van der Waals surface area contributed by atoms with Crippen molar-refractivity contribution in [3.8, 4) is 5.69 Å². The average molecular weight is 351 g/mol. The molecule has 2 aromatic carbocycles. The molecular weight excluding hydrogens is 329 g/mol. The Morgan fingerprint density at radius 2 is 1.85 bits per heavy atom. The van der Waals surface area contributed by atoms with Crippen molar-refractivity contribution in [2.24, 2.45) is 5.92 Å². The van der Waals surface area contributed by atoms with E-state index in [1.165, 1.54) is 6.07 Å². The van der Waals surface area contributed by atoms with Crippen LogP contribution in [0.2, 0.25) is 0 Å². The number of aryl methyl sites for hydroxylation is 1. The third kappa shape index (κ3) is 3.59. The first kappa shape index (κ1) is 16.7. The van der Waals surface area contributed by atoms with Crippen molar-refractivity contribution in [1.82, 2.24) is 20.2 Å². The summed E-state index contributed by atoms with van der Waals surface area (Å²) in [6.07, 6.45) is 4.01. The van der Waals surface area contributed by atoms with E-state index in [9.17, 15) is 4.39 Å². The highest BCUT2D eigenvalue weighted by molar-refractivity contribution is 5.40. The van der Waals surface area contributed by atoms with Gasteiger partial charge in [-0.1, -0.05) is 41.5 Å². The van der Waals surface area contributed by atoms with E-state index in [-0.39, 0.29) is 5.82 Å². The maximum absolute atomic E-state index is 13.8. The van der Waals surface area contributed by atoms with Gasteiger partial charge >= 0.3 is 0 Å². The Kier molecular flexibility index (Phi) is 4.91. The lowest BCUT2D eigenvalue weighted by atomic mass is 9.91. The molecule has 1 aromatic heterocycles. The SMILES string of the molecule is Fc1ccccc1CC[C@@H]1CCCN(c2nnnn2-c2ccccc2)C1. The van der Waals surface area contributed by atoms with Crippen LogP contribution >= 0.6 is 0 Å². The number of aromatic nitrogens is 4. The minimum absolute atomic E-state index is 0.104. The van der Waals surface area contributed by atoms with Crippen LogP contribution < -0.4 is 4.90 Å². The lowest BCUT2D eigenvalue weighted by Gasteiger charge is -2.33. The molecule has 0 aliphatic carbocycles. The summed E-state index contributed by atoms with van der Waals surface area (Å²) in [6, 6.07) is 17.0. The number of para-hydroxylation sites is 1. The summed E-state index contributed by atoms with van der Waals surface area (Å²) in [5.74, 6) is 1.20. The fraction of sp³-hybridized carbons (Fsp3) is 0.350. The summed E-state index contributed by atoms with van der Waals surface area (Å²) in [7, 11) is 0. The predicted octanol–water partition coefficient (Wildman–Crippen LogP) is 3.65. The van der Waals surface area contributed by atoms with Gasteiger partial charge in [-0.15, -0.1) is 0 Å². The van der Waals surface area contributed by atoms with Crippen molar-refractivity contribution in [3.05, 3.63) is 66.0 Å². The van der Waals surface area contributed by atoms with Crippen LogP contribution in [0, 0.1) is 11.7 Å². The van der Waals surface area contributed by atoms with Gasteiger partial charge in [-0.3, -0.25) is 0 Å². The van der Waals surface area contributed by atoms with E-state index >= 15 is 0 Å². The smallest absolute Gasteiger partial charge is 0.250 e. The monoisotopic (exact) mass is 351 g/mol. The zero-order valence-electron chi connectivity index (χ0n) is 14.6. The molecule has 1 aliphatic rings. The van der Waals surface area contributed by atoms with Gasteiger partial charge in [0.05, 0.1) is 5.69 Å². The fourth-order valence-corrected chi connectivity index (χ4v) is 3.66. The summed E-state index contributed by atoms with van der Waals surface area (Å²) in [5.41, 5.74) is 1.76. The van der Waals surface area contributed by atoms with Gasteiger partial charge in [-0.25, -0.2) is 4.39 Å². The minimum Gasteiger partial charge on any atom is -0.339 e. The van der Waals surface area contributed by atoms with E-state index in [0.717, 1.165) is 56.0 Å². The van der Waals surface area contributed by atoms with Gasteiger partial charge < -0.3 is 4.90 Å². The van der Waals surface area contributed by atoms with Crippen LogP contribution in [0.5, 0.6) is 0 Å². The van der Waals surface area contributed by atoms with Crippen LogP contribution in [-0.4, -0.2) is 33.3 Å². The first-order valence-corrected chi connectivity index (χ1v) is 9.13. The van der Waals surface area contributed by atoms with Crippen LogP contribution in [0.1, 0.15) is 24.8 Å². The van der Waals surface area contributed by atoms with E-state index < -0.39 is 0 Å². The molecule has 2 heterocycles. The third-order valence-corrected chi connectivity index (χ3v) is 5.04. The van der Waals surface area contributed by atoms with Gasteiger partial charge in [0.25, 0.3) is 0 Å². The normalized spacial score (nSPS) is 17.4. The number of hydrogen-bond acceptors (Lipinski definition) is 4. The van der Waals surface area contributed by atoms with Crippen molar-refractivity contribution >= 4 is 5.95 Å². The maximum Gasteiger partial charge on any atom is 0.250 e. The first-order chi connectivity index (χ1) is 12.8. The topological polar surface area (TPSA) is 46.8 Å². The molecule has 0 saturated carbocycles. The van der Waals surface area contributed by atoms with Crippen LogP contribution in [0.4, 0.5) is 10.3 Å². The molecule has 6 heteroatoms. The predicted molar refractivity (Wildman–Crippen MR) is 98.8 cm³/mol. The van der Waals surface area contributed by atoms with E-state index in [1.54, 1.807) is 10.7 Å². The van der Waals surface area contributed by atoms with Gasteiger partial charge in [-0.05, 0) is 65.8 Å². The van der Waals surface area contributed by atoms with Gasteiger partial charge in [-0.2, -0.15) is 4.68 Å². The van der Waals surface area contributed by atoms with Crippen LogP contribution in [-0.2, 0) is 6.42 Å². The molecule has 1 saturated heterocycles. The van der Waals surface area contributed by atoms with Crippen LogP contribution in [0.25, 0.3) is 5.69 Å². The summed E-state index contributed by atoms with van der Waals surface area (Å²) in [4.78, 5) is 2.25. The molecular formula is C20H22FN5. The molecule has 0 bridgehead atoms. The molecule has 1 aliphatic heterocycles.